The van der Waals surface area contributed by atoms with Gasteiger partial charge in [-0.3, -0.25) is 4.98 Å². The standard InChI is InChI=1S/C58H35N3S.C57H34N4S/c1-2-13-38(14-3-1)57-60-51(37-26-24-36(25-27-37)40-15-12-32-59-35-40)34-52(61-57)39-28-29-44-42-17-5-4-16-41(42)43-18-6-9-21-47(43)58(50(44)33-39)48-22-10-7-19-45(48)55-49(58)30-31-54-56(55)46-20-8-11-23-53(46)62-54;1-3-15-35(16-4-1)55-58-33-38(34-59-55)50-32-49(60-56(61-50)36-17-5-2-6-18-36)37-27-28-42-40-20-8-7-19-39(40)41-21-9-12-24-45(41)57(48(42)31-37)46-25-13-10-22-43(46)53-47(57)29-30-52-54(53)44-23-11-14-26-51(44)62-52/h1-35H;1-34H. The SMILES string of the molecule is c1ccc(-c2nc(-c3ccc(-c4cccnc4)cc3)cc(-c3ccc4c(c3)C3(c5ccccc5-c5ccccc5-4)c4ccccc4-c4c3ccc3sc5ccccc5c43)n2)cc1.c1ccc(-c2ncc(-c3cc(-c4ccc5c(c4)C4(c6ccccc6-c6ccccc6-5)c5ccccc5-c5c4ccc4sc6ccccc6c54)nc(-c4ccccc4)n3)cn2)cc1. The van der Waals surface area contributed by atoms with E-state index in [9.17, 15) is 0 Å². The third-order valence-electron chi connectivity index (χ3n) is 25.9. The number of benzene rings is 16. The lowest BCUT2D eigenvalue weighted by molar-refractivity contribution is 0.776. The monoisotopic (exact) mass is 1610 g/mol. The lowest BCUT2D eigenvalue weighted by atomic mass is 9.65. The predicted molar refractivity (Wildman–Crippen MR) is 510 cm³/mol. The lowest BCUT2D eigenvalue weighted by Gasteiger charge is -2.35. The second-order valence-corrected chi connectivity index (χ2v) is 34.5. The van der Waals surface area contributed by atoms with Crippen LogP contribution in [0.5, 0.6) is 0 Å². The largest absolute Gasteiger partial charge is 0.264 e. The molecule has 0 bridgehead atoms. The number of hydrogen-bond donors (Lipinski definition) is 0. The van der Waals surface area contributed by atoms with Crippen molar-refractivity contribution in [3.63, 3.8) is 0 Å². The summed E-state index contributed by atoms with van der Waals surface area (Å²) in [5.41, 5.74) is 36.4. The molecule has 0 radical (unpaired) electrons. The molecular formula is C115H69N7S2. The molecule has 6 aromatic heterocycles. The van der Waals surface area contributed by atoms with Crippen LogP contribution in [-0.2, 0) is 10.8 Å². The molecule has 6 heterocycles. The van der Waals surface area contributed by atoms with Crippen LogP contribution < -0.4 is 0 Å². The number of hydrogen-bond acceptors (Lipinski definition) is 9. The van der Waals surface area contributed by atoms with Crippen LogP contribution in [-0.4, -0.2) is 34.9 Å². The van der Waals surface area contributed by atoms with Crippen molar-refractivity contribution in [3.8, 4) is 157 Å². The van der Waals surface area contributed by atoms with Crippen LogP contribution in [0, 0.1) is 0 Å². The van der Waals surface area contributed by atoms with Crippen LogP contribution >= 0.6 is 22.7 Å². The van der Waals surface area contributed by atoms with E-state index in [2.05, 4.69) is 339 Å². The summed E-state index contributed by atoms with van der Waals surface area (Å²) in [6.45, 7) is 0. The first kappa shape index (κ1) is 71.3. The van der Waals surface area contributed by atoms with E-state index in [-0.39, 0.29) is 0 Å². The Balaban J connectivity index is 0.000000136. The molecule has 4 aliphatic carbocycles. The molecule has 7 nitrogen and oxygen atoms in total. The van der Waals surface area contributed by atoms with Gasteiger partial charge in [0.15, 0.2) is 17.5 Å². The molecule has 0 saturated carbocycles. The molecule has 2 atom stereocenters. The van der Waals surface area contributed by atoms with Gasteiger partial charge in [0.25, 0.3) is 0 Å². The average Bonchev–Trinajstić information content (AvgIpc) is 1.51. The van der Waals surface area contributed by atoms with Gasteiger partial charge < -0.3 is 0 Å². The van der Waals surface area contributed by atoms with E-state index in [1.54, 1.807) is 0 Å². The highest BCUT2D eigenvalue weighted by Gasteiger charge is 2.53. The van der Waals surface area contributed by atoms with Gasteiger partial charge in [0.2, 0.25) is 0 Å². The minimum absolute atomic E-state index is 0.635. The molecule has 2 spiro atoms. The average molecular weight is 1610 g/mol. The zero-order chi connectivity index (χ0) is 81.6. The maximum Gasteiger partial charge on any atom is 0.160 e. The first-order valence-corrected chi connectivity index (χ1v) is 43.7. The Kier molecular flexibility index (Phi) is 16.4. The fraction of sp³-hybridized carbons (Fsp3) is 0.0174. The minimum atomic E-state index is -0.649. The molecule has 4 aliphatic rings. The van der Waals surface area contributed by atoms with Crippen LogP contribution in [0.1, 0.15) is 44.5 Å². The molecule has 22 aromatic rings. The Morgan fingerprint density at radius 3 is 0.968 bits per heavy atom. The van der Waals surface area contributed by atoms with Crippen molar-refractivity contribution in [3.05, 3.63) is 464 Å². The number of aromatic nitrogens is 7. The summed E-state index contributed by atoms with van der Waals surface area (Å²) in [5.74, 6) is 2.01. The summed E-state index contributed by atoms with van der Waals surface area (Å²) >= 11 is 3.76. The van der Waals surface area contributed by atoms with Crippen LogP contribution in [0.2, 0.25) is 0 Å². The Bertz CT molecular complexity index is 7630. The Labute approximate surface area is 724 Å². The van der Waals surface area contributed by atoms with Crippen molar-refractivity contribution in [1.29, 1.82) is 0 Å². The van der Waals surface area contributed by atoms with Gasteiger partial charge in [-0.1, -0.05) is 340 Å². The van der Waals surface area contributed by atoms with E-state index >= 15 is 0 Å². The molecule has 16 aromatic carbocycles. The Morgan fingerprint density at radius 1 is 0.194 bits per heavy atom. The highest BCUT2D eigenvalue weighted by Crippen LogP contribution is 2.66. The number of thiophene rings is 2. The van der Waals surface area contributed by atoms with Gasteiger partial charge in [-0.2, -0.15) is 0 Å². The maximum atomic E-state index is 5.38. The minimum Gasteiger partial charge on any atom is -0.264 e. The highest BCUT2D eigenvalue weighted by molar-refractivity contribution is 7.26. The van der Waals surface area contributed by atoms with E-state index in [4.69, 9.17) is 29.9 Å². The molecule has 576 valence electrons. The quantitative estimate of drug-likeness (QED) is 0.150. The number of fused-ring (bicyclic) bond motifs is 32. The summed E-state index contributed by atoms with van der Waals surface area (Å²) in [7, 11) is 0. The molecule has 2 unspecified atom stereocenters. The third kappa shape index (κ3) is 10.9. The van der Waals surface area contributed by atoms with Crippen LogP contribution in [0.25, 0.3) is 197 Å². The molecule has 0 N–H and O–H groups in total. The summed E-state index contributed by atoms with van der Waals surface area (Å²) in [5, 5.41) is 5.29. The molecule has 124 heavy (non-hydrogen) atoms. The van der Waals surface area contributed by atoms with Gasteiger partial charge in [0.1, 0.15) is 0 Å². The van der Waals surface area contributed by atoms with Crippen molar-refractivity contribution >= 4 is 63.0 Å². The van der Waals surface area contributed by atoms with Crippen molar-refractivity contribution < 1.29 is 0 Å². The Morgan fingerprint density at radius 2 is 0.532 bits per heavy atom. The lowest BCUT2D eigenvalue weighted by Crippen LogP contribution is -2.29. The van der Waals surface area contributed by atoms with Crippen molar-refractivity contribution in [2.24, 2.45) is 0 Å². The zero-order valence-electron chi connectivity index (χ0n) is 66.8. The van der Waals surface area contributed by atoms with Crippen LogP contribution in [0.3, 0.4) is 0 Å². The number of nitrogens with zero attached hydrogens (tertiary/aromatic N) is 7. The van der Waals surface area contributed by atoms with Gasteiger partial charge in [-0.25, -0.2) is 29.9 Å². The van der Waals surface area contributed by atoms with E-state index < -0.39 is 10.8 Å². The molecule has 0 aliphatic heterocycles. The smallest absolute Gasteiger partial charge is 0.160 e. The molecular weight excluding hydrogens is 1540 g/mol. The van der Waals surface area contributed by atoms with Crippen molar-refractivity contribution in [1.82, 2.24) is 34.9 Å². The predicted octanol–water partition coefficient (Wildman–Crippen LogP) is 29.2. The van der Waals surface area contributed by atoms with E-state index in [1.807, 2.05) is 108 Å². The van der Waals surface area contributed by atoms with E-state index in [0.29, 0.717) is 17.5 Å². The van der Waals surface area contributed by atoms with E-state index in [0.717, 1.165) is 72.8 Å². The molecule has 0 fully saturated rings. The normalized spacial score (nSPS) is 14.5. The topological polar surface area (TPSA) is 90.2 Å². The van der Waals surface area contributed by atoms with Gasteiger partial charge >= 0.3 is 0 Å². The summed E-state index contributed by atoms with van der Waals surface area (Å²) in [6.07, 6.45) is 7.45. The zero-order valence-corrected chi connectivity index (χ0v) is 68.4. The summed E-state index contributed by atoms with van der Waals surface area (Å²) in [6, 6.07) is 143. The van der Waals surface area contributed by atoms with E-state index in [1.165, 1.54) is 152 Å². The summed E-state index contributed by atoms with van der Waals surface area (Å²) < 4.78 is 5.23. The second-order valence-electron chi connectivity index (χ2n) is 32.3. The van der Waals surface area contributed by atoms with Crippen molar-refractivity contribution in [2.45, 2.75) is 10.8 Å². The van der Waals surface area contributed by atoms with Crippen LogP contribution in [0.4, 0.5) is 0 Å². The number of rotatable bonds is 8. The summed E-state index contributed by atoms with van der Waals surface area (Å²) in [4.78, 5) is 35.0. The molecule has 9 heteroatoms. The molecule has 26 rings (SSSR count). The molecule has 0 amide bonds. The maximum absolute atomic E-state index is 5.38. The fourth-order valence-corrected chi connectivity index (χ4v) is 22.8. The molecule has 0 saturated heterocycles. The number of pyridine rings is 1. The second kappa shape index (κ2) is 28.5. The Hall–Kier alpha value is -15.7. The van der Waals surface area contributed by atoms with Gasteiger partial charge in [0, 0.05) is 104 Å². The van der Waals surface area contributed by atoms with Crippen LogP contribution in [0.15, 0.2) is 419 Å². The van der Waals surface area contributed by atoms with Gasteiger partial charge in [0.05, 0.1) is 33.6 Å². The highest BCUT2D eigenvalue weighted by atomic mass is 32.1. The fourth-order valence-electron chi connectivity index (χ4n) is 20.6. The first-order chi connectivity index (χ1) is 61.5. The van der Waals surface area contributed by atoms with Gasteiger partial charge in [-0.05, 0) is 177 Å². The van der Waals surface area contributed by atoms with Crippen molar-refractivity contribution in [2.75, 3.05) is 0 Å². The van der Waals surface area contributed by atoms with Gasteiger partial charge in [-0.15, -0.1) is 22.7 Å². The third-order valence-corrected chi connectivity index (χ3v) is 28.2. The first-order valence-electron chi connectivity index (χ1n) is 42.0.